The summed E-state index contributed by atoms with van der Waals surface area (Å²) in [6.45, 7) is 10.4. The number of aromatic nitrogens is 6. The highest BCUT2D eigenvalue weighted by Gasteiger charge is 2.58. The van der Waals surface area contributed by atoms with Crippen LogP contribution in [-0.2, 0) is 45.5 Å². The normalized spacial score (nSPS) is 24.4. The Labute approximate surface area is 391 Å². The molecule has 2 aliphatic carbocycles. The predicted molar refractivity (Wildman–Crippen MR) is 252 cm³/mol. The quantitative estimate of drug-likeness (QED) is 0.0689. The van der Waals surface area contributed by atoms with Gasteiger partial charge in [-0.25, -0.2) is 36.8 Å². The van der Waals surface area contributed by atoms with Gasteiger partial charge in [0.2, 0.25) is 0 Å². The number of rotatable bonds is 14. The van der Waals surface area contributed by atoms with E-state index in [2.05, 4.69) is 60.4 Å². The zero-order valence-corrected chi connectivity index (χ0v) is 41.1. The van der Waals surface area contributed by atoms with E-state index in [4.69, 9.17) is 19.7 Å². The Bertz CT molecular complexity index is 2650. The third kappa shape index (κ3) is 10.7. The molecule has 0 unspecified atom stereocenters. The zero-order valence-electron chi connectivity index (χ0n) is 38.5. The molecule has 4 aromatic heterocycles. The molecule has 8 heterocycles. The fourth-order valence-corrected chi connectivity index (χ4v) is 15.4. The molecular formula is C44H64N8O12S2Si. The van der Waals surface area contributed by atoms with Crippen LogP contribution in [0.5, 0.6) is 0 Å². The van der Waals surface area contributed by atoms with Crippen LogP contribution in [0.4, 0.5) is 11.6 Å². The van der Waals surface area contributed by atoms with Crippen LogP contribution >= 0.6 is 0 Å². The smallest absolute Gasteiger partial charge is 0.309 e. The first-order valence-corrected chi connectivity index (χ1v) is 30.3. The van der Waals surface area contributed by atoms with E-state index >= 15 is 0 Å². The zero-order chi connectivity index (χ0) is 48.0. The highest BCUT2D eigenvalue weighted by Crippen LogP contribution is 2.57. The Balaban J connectivity index is 0.000000151. The van der Waals surface area contributed by atoms with Crippen LogP contribution in [0.25, 0.3) is 22.1 Å². The molecular weight excluding hydrogens is 925 g/mol. The fourth-order valence-electron chi connectivity index (χ4n) is 10.3. The van der Waals surface area contributed by atoms with Crippen LogP contribution in [0.1, 0.15) is 38.5 Å². The van der Waals surface area contributed by atoms with Gasteiger partial charge in [0.15, 0.2) is 19.7 Å². The molecule has 5 N–H and O–H groups in total. The minimum absolute atomic E-state index is 0.0340. The number of piperidine rings is 2. The standard InChI is InChI=1S/C20H30N4O3Si.C19H24N4O5S.C5H10O4S/c1-28(2,3)11-10-27-14-24-8-4-15-17(21-13-22-18(15)24)23-9-5-16(19(25)26)20(12-23)6-7-20;24-8-18(10-29(26,27)11-18)9-28-17(25)14-2-6-23(7-19(14)3-4-19)16-13-1-5-20-15(13)21-12-22-16;6-1-5(2-7)3-10(8,9)4-5/h4,8,13,16H,5-7,9-12,14H2,1-3H3,(H,25,26);1,5,12,14,24H,2-4,6-11H2,(H,20,21,22);6-7H,1-4H2/t16-;14-;/m00./s1. The number of carboxylic acid groups (broad SMARTS) is 1. The fraction of sp³-hybridized carbons (Fsp3) is 0.682. The number of hydrogen-bond donors (Lipinski definition) is 5. The highest BCUT2D eigenvalue weighted by molar-refractivity contribution is 7.93. The number of aliphatic carboxylic acids is 1. The maximum absolute atomic E-state index is 12.8. The number of anilines is 2. The maximum Gasteiger partial charge on any atom is 0.309 e. The number of ether oxygens (including phenoxy) is 2. The molecule has 2 atom stereocenters. The number of carboxylic acids is 1. The summed E-state index contributed by atoms with van der Waals surface area (Å²) >= 11 is 0. The molecule has 0 aromatic carbocycles. The molecule has 20 nitrogen and oxygen atoms in total. The van der Waals surface area contributed by atoms with Gasteiger partial charge in [-0.1, -0.05) is 19.6 Å². The van der Waals surface area contributed by atoms with Crippen molar-refractivity contribution in [2.24, 2.45) is 33.5 Å². The highest BCUT2D eigenvalue weighted by atomic mass is 32.2. The Morgan fingerprint density at radius 2 is 1.33 bits per heavy atom. The molecule has 0 radical (unpaired) electrons. The second-order valence-electron chi connectivity index (χ2n) is 21.2. The summed E-state index contributed by atoms with van der Waals surface area (Å²) in [5, 5.41) is 38.4. The van der Waals surface area contributed by atoms with Gasteiger partial charge in [0.25, 0.3) is 0 Å². The molecule has 0 amide bonds. The molecule has 10 rings (SSSR count). The lowest BCUT2D eigenvalue weighted by Crippen LogP contribution is -2.54. The second kappa shape index (κ2) is 18.6. The number of aromatic amines is 1. The van der Waals surface area contributed by atoms with Gasteiger partial charge in [-0.15, -0.1) is 0 Å². The summed E-state index contributed by atoms with van der Waals surface area (Å²) in [5.41, 5.74) is -0.0643. The van der Waals surface area contributed by atoms with Crippen molar-refractivity contribution < 1.29 is 56.3 Å². The SMILES string of the molecule is C[Si](C)(C)CCOCn1ccc2c(N3CC[C@@H](C(=O)O)C4(CC4)C3)ncnc21.O=C(OCC1(CO)CS(=O)(=O)C1)[C@@H]1CCN(c2ncnc3[nH]ccc23)CC12CC2.O=S1(=O)CC(CO)(CO)C1. The van der Waals surface area contributed by atoms with E-state index in [1.165, 1.54) is 0 Å². The van der Waals surface area contributed by atoms with E-state index in [0.717, 1.165) is 91.7 Å². The van der Waals surface area contributed by atoms with Crippen LogP contribution in [0.15, 0.2) is 37.2 Å². The van der Waals surface area contributed by atoms with E-state index in [1.54, 1.807) is 12.7 Å². The number of hydrogen-bond acceptors (Lipinski definition) is 17. The average molecular weight is 989 g/mol. The van der Waals surface area contributed by atoms with E-state index in [9.17, 15) is 36.6 Å². The molecule has 4 aromatic rings. The Kier molecular flexibility index (Phi) is 13.6. The van der Waals surface area contributed by atoms with Crippen molar-refractivity contribution in [2.45, 2.75) is 70.9 Å². The molecule has 2 spiro atoms. The predicted octanol–water partition coefficient (Wildman–Crippen LogP) is 2.34. The molecule has 2 saturated carbocycles. The first kappa shape index (κ1) is 49.2. The average Bonchev–Trinajstić information content (AvgIpc) is 4.09. The Hall–Kier alpha value is -4.26. The molecule has 6 aliphatic rings. The van der Waals surface area contributed by atoms with Crippen molar-refractivity contribution in [3.05, 3.63) is 37.2 Å². The Morgan fingerprint density at radius 3 is 1.87 bits per heavy atom. The molecule has 4 saturated heterocycles. The van der Waals surface area contributed by atoms with Crippen LogP contribution in [-0.4, -0.2) is 169 Å². The molecule has 0 bridgehead atoms. The van der Waals surface area contributed by atoms with E-state index in [1.807, 2.05) is 23.0 Å². The molecule has 6 fully saturated rings. The van der Waals surface area contributed by atoms with Gasteiger partial charge in [-0.3, -0.25) is 9.59 Å². The van der Waals surface area contributed by atoms with Crippen molar-refractivity contribution in [1.82, 2.24) is 29.5 Å². The van der Waals surface area contributed by atoms with Crippen molar-refractivity contribution in [2.75, 3.05) is 92.0 Å². The Morgan fingerprint density at radius 1 is 0.776 bits per heavy atom. The third-order valence-corrected chi connectivity index (χ3v) is 20.5. The van der Waals surface area contributed by atoms with Gasteiger partial charge in [-0.05, 0) is 56.7 Å². The van der Waals surface area contributed by atoms with E-state index in [-0.39, 0.29) is 78.1 Å². The van der Waals surface area contributed by atoms with Crippen LogP contribution in [0.2, 0.25) is 25.7 Å². The number of esters is 1. The minimum atomic E-state index is -3.11. The number of H-pyrrole nitrogens is 1. The molecule has 23 heteroatoms. The monoisotopic (exact) mass is 988 g/mol. The van der Waals surface area contributed by atoms with E-state index in [0.29, 0.717) is 26.1 Å². The lowest BCUT2D eigenvalue weighted by molar-refractivity contribution is -0.156. The lowest BCUT2D eigenvalue weighted by Gasteiger charge is -2.41. The summed E-state index contributed by atoms with van der Waals surface area (Å²) < 4.78 is 57.6. The number of aliphatic hydroxyl groups excluding tert-OH is 3. The lowest BCUT2D eigenvalue weighted by atomic mass is 9.82. The number of carbonyl (C=O) groups is 2. The maximum atomic E-state index is 12.8. The van der Waals surface area contributed by atoms with Crippen molar-refractivity contribution in [1.29, 1.82) is 0 Å². The summed E-state index contributed by atoms with van der Waals surface area (Å²) in [6.07, 6.45) is 12.3. The number of nitrogens with one attached hydrogen (secondary N) is 1. The third-order valence-electron chi connectivity index (χ3n) is 14.6. The van der Waals surface area contributed by atoms with Gasteiger partial charge in [0.05, 0.1) is 70.9 Å². The topological polar surface area (TPSA) is 281 Å². The van der Waals surface area contributed by atoms with Crippen LogP contribution < -0.4 is 9.80 Å². The van der Waals surface area contributed by atoms with Gasteiger partial charge in [0, 0.05) is 69.5 Å². The number of nitrogens with zero attached hydrogens (tertiary/aromatic N) is 7. The van der Waals surface area contributed by atoms with Crippen LogP contribution in [0, 0.1) is 33.5 Å². The van der Waals surface area contributed by atoms with Gasteiger partial charge < -0.3 is 49.3 Å². The summed E-state index contributed by atoms with van der Waals surface area (Å²) in [7, 11) is -7.14. The van der Waals surface area contributed by atoms with E-state index < -0.39 is 44.5 Å². The summed E-state index contributed by atoms with van der Waals surface area (Å²) in [5.74, 6) is 0.0799. The molecule has 368 valence electrons. The first-order valence-electron chi connectivity index (χ1n) is 23.0. The van der Waals surface area contributed by atoms with Gasteiger partial charge in [-0.2, -0.15) is 0 Å². The van der Waals surface area contributed by atoms with Gasteiger partial charge >= 0.3 is 11.9 Å². The van der Waals surface area contributed by atoms with Crippen molar-refractivity contribution in [3.63, 3.8) is 0 Å². The van der Waals surface area contributed by atoms with Gasteiger partial charge in [0.1, 0.15) is 48.9 Å². The summed E-state index contributed by atoms with van der Waals surface area (Å²) in [4.78, 5) is 49.8. The summed E-state index contributed by atoms with van der Waals surface area (Å²) in [6, 6.07) is 5.16. The molecule has 4 aliphatic heterocycles. The first-order chi connectivity index (χ1) is 31.7. The largest absolute Gasteiger partial charge is 0.481 e. The molecule has 67 heavy (non-hydrogen) atoms. The second-order valence-corrected chi connectivity index (χ2v) is 31.0. The number of aliphatic hydroxyl groups is 3. The number of carbonyl (C=O) groups excluding carboxylic acids is 1. The minimum Gasteiger partial charge on any atom is -0.481 e. The number of sulfone groups is 2. The van der Waals surface area contributed by atoms with Crippen molar-refractivity contribution >= 4 is 73.4 Å². The van der Waals surface area contributed by atoms with Crippen LogP contribution in [0.3, 0.4) is 0 Å². The van der Waals surface area contributed by atoms with Crippen molar-refractivity contribution in [3.8, 4) is 0 Å². The number of fused-ring (bicyclic) bond motifs is 2.